The molecule has 1 saturated heterocycles. The van der Waals surface area contributed by atoms with Crippen LogP contribution in [0.25, 0.3) is 11.1 Å². The number of rotatable bonds is 3. The van der Waals surface area contributed by atoms with Crippen molar-refractivity contribution in [1.82, 2.24) is 4.90 Å². The number of amides is 2. The number of esters is 1. The van der Waals surface area contributed by atoms with E-state index in [9.17, 15) is 14.4 Å². The molecule has 5 rings (SSSR count). The van der Waals surface area contributed by atoms with Crippen LogP contribution in [0.2, 0.25) is 0 Å². The van der Waals surface area contributed by atoms with Gasteiger partial charge in [-0.1, -0.05) is 61.4 Å². The number of ether oxygens (including phenoxy) is 1. The summed E-state index contributed by atoms with van der Waals surface area (Å²) in [5.41, 5.74) is 3.97. The summed E-state index contributed by atoms with van der Waals surface area (Å²) in [6.45, 7) is -0.300. The van der Waals surface area contributed by atoms with E-state index < -0.39 is 12.1 Å². The monoisotopic (exact) mass is 375 g/mol. The lowest BCUT2D eigenvalue weighted by Gasteiger charge is -2.19. The number of likely N-dealkylation sites (tertiary alicyclic amines) is 1. The number of fused-ring (bicyclic) bond motifs is 4. The lowest BCUT2D eigenvalue weighted by Crippen LogP contribution is -2.37. The average Bonchev–Trinajstić information content (AvgIpc) is 3.17. The molecule has 2 aromatic carbocycles. The van der Waals surface area contributed by atoms with Crippen molar-refractivity contribution < 1.29 is 19.1 Å². The Kier molecular flexibility index (Phi) is 4.04. The molecular formula is C23H21NO4. The van der Waals surface area contributed by atoms with Gasteiger partial charge in [0.25, 0.3) is 0 Å². The minimum Gasteiger partial charge on any atom is -0.451 e. The first-order valence-corrected chi connectivity index (χ1v) is 9.88. The van der Waals surface area contributed by atoms with E-state index in [0.717, 1.165) is 52.8 Å². The van der Waals surface area contributed by atoms with Gasteiger partial charge in [0, 0.05) is 11.1 Å². The molecular weight excluding hydrogens is 354 g/mol. The van der Waals surface area contributed by atoms with Gasteiger partial charge in [-0.15, -0.1) is 0 Å². The van der Waals surface area contributed by atoms with E-state index in [1.807, 2.05) is 48.5 Å². The zero-order valence-corrected chi connectivity index (χ0v) is 15.5. The molecule has 142 valence electrons. The number of carbonyl (C=O) groups is 3. The quantitative estimate of drug-likeness (QED) is 0.609. The van der Waals surface area contributed by atoms with Crippen molar-refractivity contribution >= 4 is 17.8 Å². The summed E-state index contributed by atoms with van der Waals surface area (Å²) in [5, 5.41) is 0. The molecule has 2 aromatic rings. The minimum atomic E-state index is -0.545. The van der Waals surface area contributed by atoms with Gasteiger partial charge in [0.1, 0.15) is 6.54 Å². The molecule has 0 N–H and O–H groups in total. The molecule has 1 saturated carbocycles. The van der Waals surface area contributed by atoms with Gasteiger partial charge in [0.05, 0.1) is 11.8 Å². The largest absolute Gasteiger partial charge is 0.451 e. The van der Waals surface area contributed by atoms with E-state index in [1.165, 1.54) is 0 Å². The smallest absolute Gasteiger partial charge is 0.327 e. The normalized spacial score (nSPS) is 23.4. The van der Waals surface area contributed by atoms with Crippen molar-refractivity contribution in [2.24, 2.45) is 11.8 Å². The van der Waals surface area contributed by atoms with Gasteiger partial charge in [-0.25, -0.2) is 0 Å². The molecule has 1 aliphatic heterocycles. The predicted octanol–water partition coefficient (Wildman–Crippen LogP) is 3.47. The molecule has 2 aliphatic carbocycles. The predicted molar refractivity (Wildman–Crippen MR) is 102 cm³/mol. The van der Waals surface area contributed by atoms with Crippen LogP contribution in [0, 0.1) is 11.8 Å². The van der Waals surface area contributed by atoms with E-state index in [2.05, 4.69) is 0 Å². The molecule has 1 heterocycles. The molecule has 2 fully saturated rings. The summed E-state index contributed by atoms with van der Waals surface area (Å²) in [7, 11) is 0. The Morgan fingerprint density at radius 3 is 1.89 bits per heavy atom. The molecule has 0 aromatic heterocycles. The maximum absolute atomic E-state index is 12.7. The summed E-state index contributed by atoms with van der Waals surface area (Å²) in [6.07, 6.45) is 2.91. The fraction of sp³-hybridized carbons (Fsp3) is 0.348. The van der Waals surface area contributed by atoms with Crippen LogP contribution >= 0.6 is 0 Å². The van der Waals surface area contributed by atoms with Crippen molar-refractivity contribution in [2.75, 3.05) is 6.54 Å². The third kappa shape index (κ3) is 2.57. The summed E-state index contributed by atoms with van der Waals surface area (Å²) in [4.78, 5) is 39.1. The number of nitrogens with zero attached hydrogens (tertiary/aromatic N) is 1. The van der Waals surface area contributed by atoms with Crippen LogP contribution in [-0.2, 0) is 19.1 Å². The van der Waals surface area contributed by atoms with Gasteiger partial charge in [-0.05, 0) is 24.0 Å². The summed E-state index contributed by atoms with van der Waals surface area (Å²) in [6, 6.07) is 15.7. The Bertz CT molecular complexity index is 913. The Morgan fingerprint density at radius 2 is 1.36 bits per heavy atom. The maximum atomic E-state index is 12.7. The van der Waals surface area contributed by atoms with Crippen LogP contribution in [0.15, 0.2) is 48.5 Å². The first kappa shape index (κ1) is 17.2. The van der Waals surface area contributed by atoms with Crippen LogP contribution in [-0.4, -0.2) is 29.2 Å². The van der Waals surface area contributed by atoms with Gasteiger partial charge in [-0.3, -0.25) is 19.3 Å². The summed E-state index contributed by atoms with van der Waals surface area (Å²) >= 11 is 0. The Labute approximate surface area is 163 Å². The highest BCUT2D eigenvalue weighted by atomic mass is 16.5. The fourth-order valence-electron chi connectivity index (χ4n) is 4.92. The van der Waals surface area contributed by atoms with Gasteiger partial charge < -0.3 is 4.74 Å². The number of carbonyl (C=O) groups excluding carboxylic acids is 3. The second kappa shape index (κ2) is 6.59. The molecule has 3 aliphatic rings. The molecule has 5 heteroatoms. The number of imide groups is 1. The second-order valence-corrected chi connectivity index (χ2v) is 7.80. The summed E-state index contributed by atoms with van der Waals surface area (Å²) in [5.74, 6) is -1.46. The molecule has 5 nitrogen and oxygen atoms in total. The fourth-order valence-corrected chi connectivity index (χ4v) is 4.92. The molecule has 2 atom stereocenters. The minimum absolute atomic E-state index is 0.209. The van der Waals surface area contributed by atoms with Crippen molar-refractivity contribution in [2.45, 2.75) is 31.8 Å². The van der Waals surface area contributed by atoms with Gasteiger partial charge in [0.2, 0.25) is 11.8 Å². The zero-order chi connectivity index (χ0) is 19.3. The van der Waals surface area contributed by atoms with E-state index in [0.29, 0.717) is 0 Å². The highest BCUT2D eigenvalue weighted by molar-refractivity contribution is 6.07. The van der Waals surface area contributed by atoms with Gasteiger partial charge >= 0.3 is 5.97 Å². The lowest BCUT2D eigenvalue weighted by atomic mass is 9.81. The van der Waals surface area contributed by atoms with E-state index in [4.69, 9.17) is 4.74 Å². The third-order valence-electron chi connectivity index (χ3n) is 6.25. The number of hydrogen-bond donors (Lipinski definition) is 0. The standard InChI is InChI=1S/C23H21NO4/c25-20(13-24-22(26)18-11-5-6-12-19(18)23(24)27)28-21-16-9-3-1-7-14(16)15-8-2-4-10-17(15)21/h1-4,7-10,18-19,21H,5-6,11-13H2/t18-,19-/m0/s1. The first-order chi connectivity index (χ1) is 13.6. The summed E-state index contributed by atoms with van der Waals surface area (Å²) < 4.78 is 5.79. The zero-order valence-electron chi connectivity index (χ0n) is 15.5. The average molecular weight is 375 g/mol. The highest BCUT2D eigenvalue weighted by Crippen LogP contribution is 2.45. The van der Waals surface area contributed by atoms with Gasteiger partial charge in [-0.2, -0.15) is 0 Å². The molecule has 2 amide bonds. The number of hydrogen-bond acceptors (Lipinski definition) is 4. The Morgan fingerprint density at radius 1 is 0.857 bits per heavy atom. The molecule has 0 radical (unpaired) electrons. The van der Waals surface area contributed by atoms with E-state index in [-0.39, 0.29) is 30.2 Å². The topological polar surface area (TPSA) is 63.7 Å². The SMILES string of the molecule is O=C(CN1C(=O)[C@H]2CCCC[C@@H]2C1=O)OC1c2ccccc2-c2ccccc21. The van der Waals surface area contributed by atoms with Crippen LogP contribution in [0.3, 0.4) is 0 Å². The van der Waals surface area contributed by atoms with Crippen LogP contribution in [0.5, 0.6) is 0 Å². The second-order valence-electron chi connectivity index (χ2n) is 7.80. The Balaban J connectivity index is 1.37. The Hall–Kier alpha value is -2.95. The third-order valence-corrected chi connectivity index (χ3v) is 6.25. The van der Waals surface area contributed by atoms with Crippen molar-refractivity contribution in [3.8, 4) is 11.1 Å². The maximum Gasteiger partial charge on any atom is 0.327 e. The molecule has 28 heavy (non-hydrogen) atoms. The lowest BCUT2D eigenvalue weighted by molar-refractivity contribution is -0.155. The van der Waals surface area contributed by atoms with Crippen LogP contribution in [0.4, 0.5) is 0 Å². The van der Waals surface area contributed by atoms with Crippen LogP contribution in [0.1, 0.15) is 42.9 Å². The first-order valence-electron chi connectivity index (χ1n) is 9.88. The molecule has 0 unspecified atom stereocenters. The van der Waals surface area contributed by atoms with Crippen LogP contribution < -0.4 is 0 Å². The van der Waals surface area contributed by atoms with Crippen molar-refractivity contribution in [3.05, 3.63) is 59.7 Å². The van der Waals surface area contributed by atoms with E-state index >= 15 is 0 Å². The molecule has 0 bridgehead atoms. The van der Waals surface area contributed by atoms with E-state index in [1.54, 1.807) is 0 Å². The number of benzene rings is 2. The molecule has 0 spiro atoms. The van der Waals surface area contributed by atoms with Crippen molar-refractivity contribution in [1.29, 1.82) is 0 Å². The highest BCUT2D eigenvalue weighted by Gasteiger charge is 2.49. The van der Waals surface area contributed by atoms with Gasteiger partial charge in [0.15, 0.2) is 6.10 Å². The van der Waals surface area contributed by atoms with Crippen molar-refractivity contribution in [3.63, 3.8) is 0 Å².